The molecule has 0 aliphatic heterocycles. The number of halogens is 4. The summed E-state index contributed by atoms with van der Waals surface area (Å²) in [5.74, 6) is -4.98. The predicted molar refractivity (Wildman–Crippen MR) is 87.4 cm³/mol. The molecule has 0 aliphatic rings. The molecule has 3 N–H and O–H groups in total. The summed E-state index contributed by atoms with van der Waals surface area (Å²) in [4.78, 5) is 15.7. The average molecular weight is 371 g/mol. The van der Waals surface area contributed by atoms with E-state index in [1.54, 1.807) is 0 Å². The number of nitrogens with zero attached hydrogens (tertiary/aromatic N) is 1. The standard InChI is InChI=1S/C17H17F4N3O2/c18-16(19)17(20,21)10-26-14-7-6-12(9-23-14)24-15(25)13(22)8-11-4-2-1-3-5-11/h1-7,9,13,16H,8,10,22H2,(H,24,25). The summed E-state index contributed by atoms with van der Waals surface area (Å²) in [7, 11) is 0. The van der Waals surface area contributed by atoms with Gasteiger partial charge in [-0.15, -0.1) is 0 Å². The highest BCUT2D eigenvalue weighted by molar-refractivity contribution is 5.94. The van der Waals surface area contributed by atoms with Gasteiger partial charge in [0.25, 0.3) is 0 Å². The molecule has 26 heavy (non-hydrogen) atoms. The van der Waals surface area contributed by atoms with Gasteiger partial charge in [0.1, 0.15) is 0 Å². The molecule has 0 fully saturated rings. The van der Waals surface area contributed by atoms with Crippen molar-refractivity contribution in [1.29, 1.82) is 0 Å². The third kappa shape index (κ3) is 5.69. The molecule has 1 aromatic carbocycles. The number of anilines is 1. The number of ether oxygens (including phenoxy) is 1. The van der Waals surface area contributed by atoms with Gasteiger partial charge in [-0.25, -0.2) is 13.8 Å². The topological polar surface area (TPSA) is 77.2 Å². The molecule has 0 spiro atoms. The first-order valence-electron chi connectivity index (χ1n) is 7.63. The Balaban J connectivity index is 1.87. The Labute approximate surface area is 147 Å². The van der Waals surface area contributed by atoms with Gasteiger partial charge < -0.3 is 15.8 Å². The Morgan fingerprint density at radius 1 is 1.19 bits per heavy atom. The number of pyridine rings is 1. The molecule has 1 amide bonds. The SMILES string of the molecule is NC(Cc1ccccc1)C(=O)Nc1ccc(OCC(F)(F)C(F)F)nc1. The normalized spacial score (nSPS) is 12.7. The van der Waals surface area contributed by atoms with Crippen LogP contribution in [0.15, 0.2) is 48.7 Å². The van der Waals surface area contributed by atoms with Gasteiger partial charge in [-0.3, -0.25) is 4.79 Å². The minimum Gasteiger partial charge on any atom is -0.471 e. The van der Waals surface area contributed by atoms with Crippen LogP contribution in [-0.4, -0.2) is 35.9 Å². The number of hydrogen-bond acceptors (Lipinski definition) is 4. The fraction of sp³-hybridized carbons (Fsp3) is 0.294. The molecule has 140 valence electrons. The van der Waals surface area contributed by atoms with Crippen molar-refractivity contribution < 1.29 is 27.1 Å². The minimum absolute atomic E-state index is 0.267. The molecule has 0 saturated heterocycles. The monoisotopic (exact) mass is 371 g/mol. The highest BCUT2D eigenvalue weighted by Gasteiger charge is 2.41. The molecule has 5 nitrogen and oxygen atoms in total. The highest BCUT2D eigenvalue weighted by atomic mass is 19.3. The lowest BCUT2D eigenvalue weighted by atomic mass is 10.1. The summed E-state index contributed by atoms with van der Waals surface area (Å²) in [5, 5.41) is 2.53. The molecule has 0 bridgehead atoms. The first kappa shape index (κ1) is 19.6. The smallest absolute Gasteiger partial charge is 0.340 e. The number of aromatic nitrogens is 1. The second-order valence-electron chi connectivity index (χ2n) is 5.52. The molecule has 0 radical (unpaired) electrons. The van der Waals surface area contributed by atoms with Crippen LogP contribution in [-0.2, 0) is 11.2 Å². The van der Waals surface area contributed by atoms with Crippen LogP contribution in [0, 0.1) is 0 Å². The van der Waals surface area contributed by atoms with Gasteiger partial charge in [-0.2, -0.15) is 8.78 Å². The van der Waals surface area contributed by atoms with Crippen LogP contribution in [0.2, 0.25) is 0 Å². The van der Waals surface area contributed by atoms with E-state index in [-0.39, 0.29) is 11.6 Å². The Kier molecular flexibility index (Phi) is 6.51. The zero-order valence-electron chi connectivity index (χ0n) is 13.5. The number of amides is 1. The first-order valence-corrected chi connectivity index (χ1v) is 7.63. The summed E-state index contributed by atoms with van der Waals surface area (Å²) in [5.41, 5.74) is 7.01. The molecular formula is C17H17F4N3O2. The number of benzene rings is 1. The van der Waals surface area contributed by atoms with Gasteiger partial charge in [-0.1, -0.05) is 30.3 Å². The van der Waals surface area contributed by atoms with Crippen LogP contribution in [0.25, 0.3) is 0 Å². The molecule has 9 heteroatoms. The van der Waals surface area contributed by atoms with Crippen LogP contribution >= 0.6 is 0 Å². The second-order valence-corrected chi connectivity index (χ2v) is 5.52. The van der Waals surface area contributed by atoms with Crippen LogP contribution in [0.4, 0.5) is 23.2 Å². The van der Waals surface area contributed by atoms with Gasteiger partial charge >= 0.3 is 12.3 Å². The second kappa shape index (κ2) is 8.61. The van der Waals surface area contributed by atoms with Crippen molar-refractivity contribution in [1.82, 2.24) is 4.98 Å². The van der Waals surface area contributed by atoms with E-state index in [4.69, 9.17) is 5.73 Å². The maximum atomic E-state index is 12.8. The van der Waals surface area contributed by atoms with E-state index in [9.17, 15) is 22.4 Å². The van der Waals surface area contributed by atoms with E-state index in [2.05, 4.69) is 15.0 Å². The van der Waals surface area contributed by atoms with Crippen molar-refractivity contribution in [3.63, 3.8) is 0 Å². The lowest BCUT2D eigenvalue weighted by Crippen LogP contribution is -2.37. The zero-order valence-corrected chi connectivity index (χ0v) is 13.5. The van der Waals surface area contributed by atoms with E-state index >= 15 is 0 Å². The van der Waals surface area contributed by atoms with Crippen molar-refractivity contribution in [2.24, 2.45) is 5.73 Å². The summed E-state index contributed by atoms with van der Waals surface area (Å²) >= 11 is 0. The fourth-order valence-electron chi connectivity index (χ4n) is 1.97. The van der Waals surface area contributed by atoms with Crippen molar-refractivity contribution in [2.45, 2.75) is 24.8 Å². The third-order valence-electron chi connectivity index (χ3n) is 3.37. The minimum atomic E-state index is -4.27. The van der Waals surface area contributed by atoms with Crippen molar-refractivity contribution in [3.8, 4) is 5.88 Å². The van der Waals surface area contributed by atoms with E-state index in [0.29, 0.717) is 6.42 Å². The summed E-state index contributed by atoms with van der Waals surface area (Å²) in [6.45, 7) is -1.49. The largest absolute Gasteiger partial charge is 0.471 e. The maximum absolute atomic E-state index is 12.8. The Hall–Kier alpha value is -2.68. The Morgan fingerprint density at radius 2 is 1.88 bits per heavy atom. The number of rotatable bonds is 8. The molecule has 1 heterocycles. The molecule has 0 saturated carbocycles. The molecule has 2 rings (SSSR count). The Bertz CT molecular complexity index is 712. The Morgan fingerprint density at radius 3 is 2.46 bits per heavy atom. The lowest BCUT2D eigenvalue weighted by molar-refractivity contribution is -0.148. The number of nitrogens with two attached hydrogens (primary N) is 1. The van der Waals surface area contributed by atoms with Crippen LogP contribution in [0.1, 0.15) is 5.56 Å². The van der Waals surface area contributed by atoms with Gasteiger partial charge in [0.15, 0.2) is 6.61 Å². The number of nitrogens with one attached hydrogen (secondary N) is 1. The first-order chi connectivity index (χ1) is 12.3. The predicted octanol–water partition coefficient (Wildman–Crippen LogP) is 2.87. The third-order valence-corrected chi connectivity index (χ3v) is 3.37. The van der Waals surface area contributed by atoms with Crippen molar-refractivity contribution >= 4 is 11.6 Å². The molecular weight excluding hydrogens is 354 g/mol. The average Bonchev–Trinajstić information content (AvgIpc) is 2.62. The molecule has 2 aromatic rings. The highest BCUT2D eigenvalue weighted by Crippen LogP contribution is 2.24. The van der Waals surface area contributed by atoms with Gasteiger partial charge in [0, 0.05) is 6.07 Å². The fourth-order valence-corrected chi connectivity index (χ4v) is 1.97. The van der Waals surface area contributed by atoms with E-state index < -0.39 is 30.9 Å². The number of carbonyl (C=O) groups excluding carboxylic acids is 1. The van der Waals surface area contributed by atoms with Gasteiger partial charge in [-0.05, 0) is 18.1 Å². The zero-order chi connectivity index (χ0) is 19.2. The van der Waals surface area contributed by atoms with E-state index in [1.165, 1.54) is 12.1 Å². The number of carbonyl (C=O) groups is 1. The lowest BCUT2D eigenvalue weighted by Gasteiger charge is -2.15. The molecule has 1 unspecified atom stereocenters. The quantitative estimate of drug-likeness (QED) is 0.700. The van der Waals surface area contributed by atoms with Crippen LogP contribution < -0.4 is 15.8 Å². The summed E-state index contributed by atoms with van der Waals surface area (Å²) in [6.07, 6.45) is -2.33. The van der Waals surface area contributed by atoms with Crippen molar-refractivity contribution in [3.05, 3.63) is 54.2 Å². The summed E-state index contributed by atoms with van der Waals surface area (Å²) < 4.78 is 54.2. The van der Waals surface area contributed by atoms with Crippen LogP contribution in [0.3, 0.4) is 0 Å². The number of hydrogen-bond donors (Lipinski definition) is 2. The molecule has 0 aliphatic carbocycles. The maximum Gasteiger partial charge on any atom is 0.340 e. The van der Waals surface area contributed by atoms with E-state index in [1.807, 2.05) is 30.3 Å². The van der Waals surface area contributed by atoms with Gasteiger partial charge in [0.2, 0.25) is 11.8 Å². The van der Waals surface area contributed by atoms with Crippen LogP contribution in [0.5, 0.6) is 5.88 Å². The molecule has 1 atom stereocenters. The van der Waals surface area contributed by atoms with Gasteiger partial charge in [0.05, 0.1) is 17.9 Å². The molecule has 1 aromatic heterocycles. The van der Waals surface area contributed by atoms with Crippen molar-refractivity contribution in [2.75, 3.05) is 11.9 Å². The number of alkyl halides is 4. The van der Waals surface area contributed by atoms with E-state index in [0.717, 1.165) is 11.8 Å². The summed E-state index contributed by atoms with van der Waals surface area (Å²) in [6, 6.07) is 10.9.